The molecular weight excluding hydrogens is 230 g/mol. The maximum absolute atomic E-state index is 5.41. The van der Waals surface area contributed by atoms with Crippen molar-refractivity contribution in [2.75, 3.05) is 13.1 Å². The summed E-state index contributed by atoms with van der Waals surface area (Å²) in [5.41, 5.74) is 6.09. The molecule has 0 saturated carbocycles. The van der Waals surface area contributed by atoms with Gasteiger partial charge in [0.05, 0.1) is 0 Å². The van der Waals surface area contributed by atoms with E-state index in [0.717, 1.165) is 18.2 Å². The molecule has 2 saturated heterocycles. The molecule has 0 radical (unpaired) electrons. The van der Waals surface area contributed by atoms with E-state index in [0.29, 0.717) is 5.11 Å². The largest absolute Gasteiger partial charge is 0.338 e. The van der Waals surface area contributed by atoms with Gasteiger partial charge in [-0.1, -0.05) is 0 Å². The van der Waals surface area contributed by atoms with Crippen molar-refractivity contribution in [2.24, 2.45) is 0 Å². The third kappa shape index (κ3) is 1.64. The molecule has 2 atom stereocenters. The van der Waals surface area contributed by atoms with E-state index in [2.05, 4.69) is 39.8 Å². The first-order valence-corrected chi connectivity index (χ1v) is 5.90. The van der Waals surface area contributed by atoms with Gasteiger partial charge in [-0.05, 0) is 38.3 Å². The highest BCUT2D eigenvalue weighted by atomic mass is 32.1. The molecule has 84 valence electrons. The van der Waals surface area contributed by atoms with Crippen LogP contribution in [0.5, 0.6) is 0 Å². The van der Waals surface area contributed by atoms with Crippen molar-refractivity contribution in [3.05, 3.63) is 0 Å². The molecule has 0 amide bonds. The second-order valence-corrected chi connectivity index (χ2v) is 4.26. The predicted octanol–water partition coefficient (Wildman–Crippen LogP) is -0.437. The number of nitrogens with one attached hydrogen (secondary N) is 3. The lowest BCUT2D eigenvalue weighted by Gasteiger charge is -2.35. The fourth-order valence-electron chi connectivity index (χ4n) is 2.03. The summed E-state index contributed by atoms with van der Waals surface area (Å²) in [7, 11) is 0. The van der Waals surface area contributed by atoms with Gasteiger partial charge >= 0.3 is 0 Å². The zero-order chi connectivity index (χ0) is 11.0. The summed E-state index contributed by atoms with van der Waals surface area (Å²) in [6.45, 7) is 5.96. The molecule has 3 N–H and O–H groups in total. The summed E-state index contributed by atoms with van der Waals surface area (Å²) in [6.07, 6.45) is 0.283. The average molecular weight is 245 g/mol. The zero-order valence-corrected chi connectivity index (χ0v) is 10.4. The average Bonchev–Trinajstić information content (AvgIpc) is 2.48. The highest BCUT2D eigenvalue weighted by Crippen LogP contribution is 2.20. The van der Waals surface area contributed by atoms with E-state index in [9.17, 15) is 0 Å². The smallest absolute Gasteiger partial charge is 0.182 e. The Hall–Kier alpha value is -0.660. The molecule has 2 unspecified atom stereocenters. The highest BCUT2D eigenvalue weighted by molar-refractivity contribution is 7.80. The summed E-state index contributed by atoms with van der Waals surface area (Å²) in [5, 5.41) is 4.73. The van der Waals surface area contributed by atoms with Gasteiger partial charge in [-0.3, -0.25) is 5.43 Å². The number of hydrazine groups is 1. The molecule has 0 spiro atoms. The zero-order valence-electron chi connectivity index (χ0n) is 8.78. The van der Waals surface area contributed by atoms with E-state index in [4.69, 9.17) is 24.4 Å². The lowest BCUT2D eigenvalue weighted by molar-refractivity contribution is 0.191. The van der Waals surface area contributed by atoms with Crippen molar-refractivity contribution < 1.29 is 0 Å². The van der Waals surface area contributed by atoms with Gasteiger partial charge in [0.15, 0.2) is 10.2 Å². The molecule has 0 aliphatic carbocycles. The minimum Gasteiger partial charge on any atom is -0.338 e. The number of nitrogens with zero attached hydrogens (tertiary/aromatic N) is 2. The molecule has 0 aromatic heterocycles. The summed E-state index contributed by atoms with van der Waals surface area (Å²) in [4.78, 5) is 4.29. The number of hydrogen-bond donors (Lipinski definition) is 3. The third-order valence-electron chi connectivity index (χ3n) is 2.76. The van der Waals surface area contributed by atoms with Crippen LogP contribution in [0.25, 0.3) is 0 Å². The molecular formula is C8H15N5S2. The topological polar surface area (TPSA) is 42.6 Å². The first kappa shape index (κ1) is 10.8. The maximum atomic E-state index is 5.41. The first-order chi connectivity index (χ1) is 7.19. The molecule has 2 aliphatic heterocycles. The van der Waals surface area contributed by atoms with Crippen molar-refractivity contribution in [3.63, 3.8) is 0 Å². The number of fused-ring (bicyclic) bond motifs is 1. The van der Waals surface area contributed by atoms with Gasteiger partial charge in [0.25, 0.3) is 0 Å². The maximum Gasteiger partial charge on any atom is 0.182 e. The second-order valence-electron chi connectivity index (χ2n) is 3.49. The quantitative estimate of drug-likeness (QED) is 0.570. The van der Waals surface area contributed by atoms with Crippen molar-refractivity contribution in [2.45, 2.75) is 26.2 Å². The number of thiocarbonyl (C=S) groups is 2. The molecule has 15 heavy (non-hydrogen) atoms. The van der Waals surface area contributed by atoms with Crippen molar-refractivity contribution in [3.8, 4) is 0 Å². The van der Waals surface area contributed by atoms with E-state index >= 15 is 0 Å². The van der Waals surface area contributed by atoms with Crippen LogP contribution in [0, 0.1) is 0 Å². The monoisotopic (exact) mass is 245 g/mol. The van der Waals surface area contributed by atoms with Crippen molar-refractivity contribution >= 4 is 34.7 Å². The van der Waals surface area contributed by atoms with Gasteiger partial charge in [-0.25, -0.2) is 5.43 Å². The summed E-state index contributed by atoms with van der Waals surface area (Å²) in [6, 6.07) is 0. The molecule has 2 aliphatic rings. The lowest BCUT2D eigenvalue weighted by atomic mass is 10.3. The normalized spacial score (nSPS) is 30.0. The van der Waals surface area contributed by atoms with Gasteiger partial charge in [-0.15, -0.1) is 0 Å². The minimum atomic E-state index is 0.135. The van der Waals surface area contributed by atoms with Crippen LogP contribution in [0.15, 0.2) is 0 Å². The van der Waals surface area contributed by atoms with Gasteiger partial charge in [-0.2, -0.15) is 0 Å². The molecule has 5 nitrogen and oxygen atoms in total. The summed E-state index contributed by atoms with van der Waals surface area (Å²) >= 11 is 10.5. The standard InChI is InChI=1S/C8H15N5S2/c1-3-12-5-6(10-11-7(14)9-5)13(4-2)8(12)15/h5-6,10H,3-4H2,1-2H3,(H2,9,11,14). The van der Waals surface area contributed by atoms with Crippen LogP contribution in [0.1, 0.15) is 13.8 Å². The van der Waals surface area contributed by atoms with Crippen LogP contribution in [0.2, 0.25) is 0 Å². The Morgan fingerprint density at radius 1 is 1.13 bits per heavy atom. The van der Waals surface area contributed by atoms with Gasteiger partial charge in [0, 0.05) is 13.1 Å². The Kier molecular flexibility index (Phi) is 2.94. The summed E-state index contributed by atoms with van der Waals surface area (Å²) < 4.78 is 0. The van der Waals surface area contributed by atoms with Crippen LogP contribution in [-0.2, 0) is 0 Å². The van der Waals surface area contributed by atoms with Crippen LogP contribution in [0.3, 0.4) is 0 Å². The molecule has 0 aromatic rings. The highest BCUT2D eigenvalue weighted by Gasteiger charge is 2.44. The fourth-order valence-corrected chi connectivity index (χ4v) is 2.70. The molecule has 0 aromatic carbocycles. The SMILES string of the molecule is CCN1C(=S)N(CC)C2NC(=S)NNC21. The lowest BCUT2D eigenvalue weighted by Crippen LogP contribution is -2.68. The van der Waals surface area contributed by atoms with E-state index in [1.54, 1.807) is 0 Å². The van der Waals surface area contributed by atoms with Crippen LogP contribution in [-0.4, -0.2) is 45.4 Å². The van der Waals surface area contributed by atoms with Gasteiger partial charge in [0.2, 0.25) is 0 Å². The number of hydrogen-bond acceptors (Lipinski definition) is 3. The minimum absolute atomic E-state index is 0.135. The van der Waals surface area contributed by atoms with E-state index in [1.165, 1.54) is 0 Å². The Labute approximate surface area is 100 Å². The van der Waals surface area contributed by atoms with E-state index in [1.807, 2.05) is 0 Å². The Bertz CT molecular complexity index is 295. The van der Waals surface area contributed by atoms with Gasteiger partial charge < -0.3 is 15.1 Å². The third-order valence-corrected chi connectivity index (χ3v) is 3.44. The Morgan fingerprint density at radius 2 is 1.73 bits per heavy atom. The molecule has 2 rings (SSSR count). The fraction of sp³-hybridized carbons (Fsp3) is 0.750. The van der Waals surface area contributed by atoms with Gasteiger partial charge in [0.1, 0.15) is 12.3 Å². The predicted molar refractivity (Wildman–Crippen MR) is 66.9 cm³/mol. The Morgan fingerprint density at radius 3 is 2.33 bits per heavy atom. The Balaban J connectivity index is 2.23. The van der Waals surface area contributed by atoms with Crippen LogP contribution in [0.4, 0.5) is 0 Å². The molecule has 0 bridgehead atoms. The first-order valence-electron chi connectivity index (χ1n) is 5.08. The van der Waals surface area contributed by atoms with Crippen LogP contribution >= 0.6 is 24.4 Å². The van der Waals surface area contributed by atoms with Crippen molar-refractivity contribution in [1.29, 1.82) is 0 Å². The van der Waals surface area contributed by atoms with E-state index < -0.39 is 0 Å². The molecule has 7 heteroatoms. The number of rotatable bonds is 2. The van der Waals surface area contributed by atoms with Crippen LogP contribution < -0.4 is 16.2 Å². The number of likely N-dealkylation sites (N-methyl/N-ethyl adjacent to an activating group) is 2. The van der Waals surface area contributed by atoms with Crippen molar-refractivity contribution in [1.82, 2.24) is 26.0 Å². The molecule has 2 fully saturated rings. The second kappa shape index (κ2) is 4.07. The van der Waals surface area contributed by atoms with E-state index in [-0.39, 0.29) is 12.3 Å². The summed E-state index contributed by atoms with van der Waals surface area (Å²) in [5.74, 6) is 0. The molecule has 2 heterocycles.